The molecule has 1 atom stereocenters. The van der Waals surface area contributed by atoms with E-state index < -0.39 is 6.10 Å². The smallest absolute Gasteiger partial charge is 0.306 e. The quantitative estimate of drug-likeness (QED) is 0.0261. The van der Waals surface area contributed by atoms with Crippen LogP contribution in [0.3, 0.4) is 0 Å². The molecule has 0 N–H and O–H groups in total. The fourth-order valence-corrected chi connectivity index (χ4v) is 9.40. The van der Waals surface area contributed by atoms with Crippen molar-refractivity contribution < 1.29 is 28.6 Å². The van der Waals surface area contributed by atoms with Crippen LogP contribution in [0.15, 0.2) is 85.1 Å². The van der Waals surface area contributed by atoms with Gasteiger partial charge >= 0.3 is 17.9 Å². The Balaban J connectivity index is 4.38. The second-order valence-electron chi connectivity index (χ2n) is 22.0. The van der Waals surface area contributed by atoms with Crippen LogP contribution in [0, 0.1) is 0 Å². The minimum atomic E-state index is -0.789. The topological polar surface area (TPSA) is 78.9 Å². The van der Waals surface area contributed by atoms with Crippen LogP contribution in [0.1, 0.15) is 329 Å². The predicted molar refractivity (Wildman–Crippen MR) is 334 cm³/mol. The van der Waals surface area contributed by atoms with Crippen LogP contribution in [0.2, 0.25) is 0 Å². The molecule has 0 heterocycles. The number of esters is 3. The first-order valence-electron chi connectivity index (χ1n) is 33.1. The summed E-state index contributed by atoms with van der Waals surface area (Å²) in [5.74, 6) is -0.890. The molecule has 1 unspecified atom stereocenters. The molecule has 0 radical (unpaired) electrons. The van der Waals surface area contributed by atoms with Crippen LogP contribution in [0.5, 0.6) is 0 Å². The van der Waals surface area contributed by atoms with E-state index >= 15 is 0 Å². The number of unbranched alkanes of at least 4 members (excludes halogenated alkanes) is 35. The van der Waals surface area contributed by atoms with E-state index in [2.05, 4.69) is 106 Å². The second kappa shape index (κ2) is 65.1. The number of carbonyl (C=O) groups is 3. The standard InChI is InChI=1S/C71H124O6/c1-4-7-10-13-16-19-22-25-28-31-33-34-35-36-38-40-43-46-49-52-55-58-61-64-70(73)76-67-68(66-75-69(72)63-60-57-54-51-48-45-42-39-30-27-24-21-18-15-12-9-6-3)77-71(74)65-62-59-56-53-50-47-44-41-37-32-29-26-23-20-17-14-11-8-5-2/h8,11,17,20,22,25-27,29-31,33,37,41,68H,4-7,9-10,12-16,18-19,21,23-24,28,32,34-36,38-40,42-67H2,1-3H3/b11-8-,20-17-,25-22-,29-26-,30-27-,33-31-,41-37-. The first kappa shape index (κ1) is 73.6. The molecule has 0 saturated carbocycles. The van der Waals surface area contributed by atoms with Gasteiger partial charge in [0.15, 0.2) is 6.10 Å². The molecule has 444 valence electrons. The molecule has 0 aromatic rings. The van der Waals surface area contributed by atoms with Gasteiger partial charge in [0.25, 0.3) is 0 Å². The number of rotatable bonds is 60. The summed E-state index contributed by atoms with van der Waals surface area (Å²) in [6.45, 7) is 6.53. The van der Waals surface area contributed by atoms with E-state index in [-0.39, 0.29) is 31.1 Å². The van der Waals surface area contributed by atoms with Crippen LogP contribution >= 0.6 is 0 Å². The summed E-state index contributed by atoms with van der Waals surface area (Å²) in [5, 5.41) is 0. The zero-order chi connectivity index (χ0) is 55.7. The fourth-order valence-electron chi connectivity index (χ4n) is 9.40. The monoisotopic (exact) mass is 1070 g/mol. The molecule has 0 aromatic heterocycles. The van der Waals surface area contributed by atoms with E-state index in [1.807, 2.05) is 0 Å². The van der Waals surface area contributed by atoms with Gasteiger partial charge in [-0.3, -0.25) is 14.4 Å². The molecule has 0 amide bonds. The summed E-state index contributed by atoms with van der Waals surface area (Å²) < 4.78 is 17.0. The zero-order valence-corrected chi connectivity index (χ0v) is 51.0. The molecule has 0 bridgehead atoms. The molecule has 0 fully saturated rings. The Labute approximate surface area is 477 Å². The van der Waals surface area contributed by atoms with Crippen LogP contribution in [-0.2, 0) is 28.6 Å². The summed E-state index contributed by atoms with van der Waals surface area (Å²) in [7, 11) is 0. The highest BCUT2D eigenvalue weighted by molar-refractivity contribution is 5.71. The molecular formula is C71H124O6. The maximum absolute atomic E-state index is 12.9. The van der Waals surface area contributed by atoms with Crippen LogP contribution in [-0.4, -0.2) is 37.2 Å². The molecule has 6 nitrogen and oxygen atoms in total. The van der Waals surface area contributed by atoms with Crippen molar-refractivity contribution in [1.29, 1.82) is 0 Å². The minimum absolute atomic E-state index is 0.0836. The van der Waals surface area contributed by atoms with Gasteiger partial charge in [-0.25, -0.2) is 0 Å². The summed E-state index contributed by atoms with van der Waals surface area (Å²) in [6, 6.07) is 0. The number of ether oxygens (including phenoxy) is 3. The Morgan fingerprint density at radius 2 is 0.506 bits per heavy atom. The number of allylic oxidation sites excluding steroid dienone is 14. The lowest BCUT2D eigenvalue weighted by Crippen LogP contribution is -2.30. The van der Waals surface area contributed by atoms with E-state index in [9.17, 15) is 14.4 Å². The molecule has 6 heteroatoms. The van der Waals surface area contributed by atoms with Crippen molar-refractivity contribution in [3.8, 4) is 0 Å². The Hall–Kier alpha value is -3.41. The Morgan fingerprint density at radius 1 is 0.273 bits per heavy atom. The maximum atomic E-state index is 12.9. The maximum Gasteiger partial charge on any atom is 0.306 e. The number of hydrogen-bond acceptors (Lipinski definition) is 6. The molecule has 0 aliphatic heterocycles. The Bertz CT molecular complexity index is 1470. The fraction of sp³-hybridized carbons (Fsp3) is 0.761. The summed E-state index contributed by atoms with van der Waals surface area (Å²) in [6.07, 6.45) is 85.8. The van der Waals surface area contributed by atoms with E-state index in [1.54, 1.807) is 0 Å². The van der Waals surface area contributed by atoms with Crippen LogP contribution in [0.25, 0.3) is 0 Å². The van der Waals surface area contributed by atoms with Crippen molar-refractivity contribution in [2.75, 3.05) is 13.2 Å². The molecule has 0 aliphatic rings. The molecule has 0 spiro atoms. The summed E-state index contributed by atoms with van der Waals surface area (Å²) in [5.41, 5.74) is 0. The molecule has 0 saturated heterocycles. The third kappa shape index (κ3) is 63.3. The van der Waals surface area contributed by atoms with Crippen molar-refractivity contribution in [3.63, 3.8) is 0 Å². The number of carbonyl (C=O) groups excluding carboxylic acids is 3. The Kier molecular flexibility index (Phi) is 62.2. The van der Waals surface area contributed by atoms with Gasteiger partial charge in [-0.05, 0) is 116 Å². The molecule has 0 aromatic carbocycles. The minimum Gasteiger partial charge on any atom is -0.462 e. The van der Waals surface area contributed by atoms with Crippen molar-refractivity contribution in [2.45, 2.75) is 335 Å². The van der Waals surface area contributed by atoms with E-state index in [0.717, 1.165) is 103 Å². The van der Waals surface area contributed by atoms with Crippen molar-refractivity contribution >= 4 is 17.9 Å². The van der Waals surface area contributed by atoms with Gasteiger partial charge in [0.2, 0.25) is 0 Å². The lowest BCUT2D eigenvalue weighted by Gasteiger charge is -2.18. The molecule has 0 rings (SSSR count). The van der Waals surface area contributed by atoms with Crippen LogP contribution < -0.4 is 0 Å². The van der Waals surface area contributed by atoms with E-state index in [0.29, 0.717) is 19.3 Å². The highest BCUT2D eigenvalue weighted by atomic mass is 16.6. The first-order valence-corrected chi connectivity index (χ1v) is 33.1. The number of hydrogen-bond donors (Lipinski definition) is 0. The zero-order valence-electron chi connectivity index (χ0n) is 51.0. The highest BCUT2D eigenvalue weighted by Crippen LogP contribution is 2.16. The molecule has 0 aliphatic carbocycles. The van der Waals surface area contributed by atoms with Crippen molar-refractivity contribution in [3.05, 3.63) is 85.1 Å². The van der Waals surface area contributed by atoms with Crippen LogP contribution in [0.4, 0.5) is 0 Å². The average Bonchev–Trinajstić information content (AvgIpc) is 3.43. The summed E-state index contributed by atoms with van der Waals surface area (Å²) >= 11 is 0. The van der Waals surface area contributed by atoms with E-state index in [1.165, 1.54) is 186 Å². The van der Waals surface area contributed by atoms with Gasteiger partial charge in [0.1, 0.15) is 13.2 Å². The second-order valence-corrected chi connectivity index (χ2v) is 22.0. The van der Waals surface area contributed by atoms with Gasteiger partial charge in [0, 0.05) is 19.3 Å². The normalized spacial score (nSPS) is 12.6. The lowest BCUT2D eigenvalue weighted by molar-refractivity contribution is -0.167. The third-order valence-electron chi connectivity index (χ3n) is 14.4. The lowest BCUT2D eigenvalue weighted by atomic mass is 10.0. The van der Waals surface area contributed by atoms with Gasteiger partial charge in [-0.15, -0.1) is 0 Å². The van der Waals surface area contributed by atoms with Crippen molar-refractivity contribution in [1.82, 2.24) is 0 Å². The van der Waals surface area contributed by atoms with Gasteiger partial charge in [-0.2, -0.15) is 0 Å². The SMILES string of the molecule is CC/C=C\C/C=C\C/C=C\C/C=C\CCCCCCCCC(=O)OC(COC(=O)CCCCCCCCC/C=C\CCCCCCCC)COC(=O)CCCCCCCCCCCCC/C=C\C/C=C\CCCCCCC. The molecule has 77 heavy (non-hydrogen) atoms. The van der Waals surface area contributed by atoms with Crippen molar-refractivity contribution in [2.24, 2.45) is 0 Å². The van der Waals surface area contributed by atoms with E-state index in [4.69, 9.17) is 14.2 Å². The van der Waals surface area contributed by atoms with Gasteiger partial charge < -0.3 is 14.2 Å². The van der Waals surface area contributed by atoms with Gasteiger partial charge in [-0.1, -0.05) is 279 Å². The predicted octanol–water partition coefficient (Wildman–Crippen LogP) is 22.7. The third-order valence-corrected chi connectivity index (χ3v) is 14.4. The summed E-state index contributed by atoms with van der Waals surface area (Å²) in [4.78, 5) is 38.4. The largest absolute Gasteiger partial charge is 0.462 e. The van der Waals surface area contributed by atoms with Gasteiger partial charge in [0.05, 0.1) is 0 Å². The molecular weight excluding hydrogens is 949 g/mol. The highest BCUT2D eigenvalue weighted by Gasteiger charge is 2.19. The first-order chi connectivity index (χ1) is 38.0. The average molecular weight is 1070 g/mol. The Morgan fingerprint density at radius 3 is 0.805 bits per heavy atom.